The summed E-state index contributed by atoms with van der Waals surface area (Å²) in [5.74, 6) is 0.559. The van der Waals surface area contributed by atoms with E-state index < -0.39 is 0 Å². The summed E-state index contributed by atoms with van der Waals surface area (Å²) in [4.78, 5) is 27.4. The lowest BCUT2D eigenvalue weighted by molar-refractivity contribution is -0.118. The van der Waals surface area contributed by atoms with Gasteiger partial charge < -0.3 is 14.5 Å². The Kier molecular flexibility index (Phi) is 5.93. The number of ether oxygens (including phenoxy) is 1. The molecule has 3 aromatic rings. The van der Waals surface area contributed by atoms with Gasteiger partial charge in [-0.05, 0) is 42.2 Å². The van der Waals surface area contributed by atoms with Gasteiger partial charge in [0.1, 0.15) is 11.3 Å². The van der Waals surface area contributed by atoms with Gasteiger partial charge in [-0.2, -0.15) is 4.98 Å². The summed E-state index contributed by atoms with van der Waals surface area (Å²) < 4.78 is 11.0. The predicted octanol–water partition coefficient (Wildman–Crippen LogP) is 4.32. The highest BCUT2D eigenvalue weighted by Gasteiger charge is 2.11. The van der Waals surface area contributed by atoms with Crippen molar-refractivity contribution in [2.75, 3.05) is 17.2 Å². The molecule has 0 fully saturated rings. The Labute approximate surface area is 163 Å². The number of carbonyl (C=O) groups excluding carboxylic acids is 2. The van der Waals surface area contributed by atoms with Crippen molar-refractivity contribution >= 4 is 34.6 Å². The summed E-state index contributed by atoms with van der Waals surface area (Å²) >= 11 is 0. The number of carbonyl (C=O) groups is 2. The minimum absolute atomic E-state index is 0.0793. The number of benzene rings is 2. The van der Waals surface area contributed by atoms with Crippen LogP contribution in [0.3, 0.4) is 0 Å². The summed E-state index contributed by atoms with van der Waals surface area (Å²) in [7, 11) is 0. The van der Waals surface area contributed by atoms with Crippen molar-refractivity contribution in [3.8, 4) is 5.75 Å². The molecule has 0 spiro atoms. The molecule has 0 saturated carbocycles. The number of aromatic nitrogens is 1. The molecule has 2 N–H and O–H groups in total. The zero-order chi connectivity index (χ0) is 20.1. The third-order valence-electron chi connectivity index (χ3n) is 4.39. The second-order valence-electron chi connectivity index (χ2n) is 6.60. The van der Waals surface area contributed by atoms with E-state index >= 15 is 0 Å². The van der Waals surface area contributed by atoms with E-state index in [0.29, 0.717) is 28.5 Å². The first-order chi connectivity index (χ1) is 13.4. The maximum Gasteiger partial charge on any atom is 0.302 e. The van der Waals surface area contributed by atoms with Crippen molar-refractivity contribution in [1.82, 2.24) is 4.98 Å². The Balaban J connectivity index is 1.57. The number of oxazole rings is 1. The molecule has 1 atom stereocenters. The monoisotopic (exact) mass is 381 g/mol. The van der Waals surface area contributed by atoms with Gasteiger partial charge in [-0.3, -0.25) is 14.9 Å². The number of hydrogen-bond acceptors (Lipinski definition) is 5. The van der Waals surface area contributed by atoms with E-state index in [4.69, 9.17) is 9.15 Å². The Morgan fingerprint density at radius 2 is 1.89 bits per heavy atom. The Morgan fingerprint density at radius 3 is 2.57 bits per heavy atom. The fourth-order valence-electron chi connectivity index (χ4n) is 2.69. The molecule has 0 aliphatic carbocycles. The van der Waals surface area contributed by atoms with E-state index in [9.17, 15) is 9.59 Å². The van der Waals surface area contributed by atoms with E-state index in [0.717, 1.165) is 6.42 Å². The molecule has 0 radical (unpaired) electrons. The smallest absolute Gasteiger partial charge is 0.302 e. The highest BCUT2D eigenvalue weighted by Crippen LogP contribution is 2.23. The van der Waals surface area contributed by atoms with E-state index in [1.165, 1.54) is 12.5 Å². The molecule has 0 bridgehead atoms. The van der Waals surface area contributed by atoms with Crippen molar-refractivity contribution in [2.45, 2.75) is 33.1 Å². The second-order valence-corrected chi connectivity index (χ2v) is 6.60. The van der Waals surface area contributed by atoms with Crippen molar-refractivity contribution in [2.24, 2.45) is 0 Å². The highest BCUT2D eigenvalue weighted by molar-refractivity contribution is 5.93. The average Bonchev–Trinajstić information content (AvgIpc) is 3.07. The van der Waals surface area contributed by atoms with Gasteiger partial charge in [0, 0.05) is 18.7 Å². The van der Waals surface area contributed by atoms with Crippen molar-refractivity contribution < 1.29 is 18.7 Å². The molecule has 0 aliphatic heterocycles. The minimum Gasteiger partial charge on any atom is -0.484 e. The molecular formula is C21H23N3O4. The molecule has 1 heterocycles. The predicted molar refractivity (Wildman–Crippen MR) is 108 cm³/mol. The first-order valence-corrected chi connectivity index (χ1v) is 9.15. The van der Waals surface area contributed by atoms with Crippen molar-refractivity contribution in [3.63, 3.8) is 0 Å². The molecule has 146 valence electrons. The molecule has 0 saturated heterocycles. The molecule has 0 unspecified atom stereocenters. The molecule has 7 heteroatoms. The quantitative estimate of drug-likeness (QED) is 0.636. The molecule has 7 nitrogen and oxygen atoms in total. The zero-order valence-electron chi connectivity index (χ0n) is 16.1. The minimum atomic E-state index is -0.375. The lowest BCUT2D eigenvalue weighted by atomic mass is 9.99. The van der Waals surface area contributed by atoms with Gasteiger partial charge in [0.2, 0.25) is 5.91 Å². The normalized spacial score (nSPS) is 11.8. The number of hydrogen-bond donors (Lipinski definition) is 2. The maximum atomic E-state index is 12.1. The first-order valence-electron chi connectivity index (χ1n) is 9.15. The van der Waals surface area contributed by atoms with E-state index in [1.54, 1.807) is 18.2 Å². The molecule has 2 amide bonds. The Morgan fingerprint density at radius 1 is 1.14 bits per heavy atom. The van der Waals surface area contributed by atoms with Crippen LogP contribution < -0.4 is 15.4 Å². The van der Waals surface area contributed by atoms with E-state index in [1.807, 2.05) is 24.3 Å². The lowest BCUT2D eigenvalue weighted by Gasteiger charge is -2.10. The average molecular weight is 381 g/mol. The summed E-state index contributed by atoms with van der Waals surface area (Å²) in [6.07, 6.45) is 1.07. The first kappa shape index (κ1) is 19.4. The summed E-state index contributed by atoms with van der Waals surface area (Å²) in [5, 5.41) is 5.24. The van der Waals surface area contributed by atoms with Crippen molar-refractivity contribution in [3.05, 3.63) is 48.0 Å². The van der Waals surface area contributed by atoms with Crippen LogP contribution in [-0.2, 0) is 9.59 Å². The zero-order valence-corrected chi connectivity index (χ0v) is 16.1. The van der Waals surface area contributed by atoms with Crippen LogP contribution in [0.5, 0.6) is 5.75 Å². The molecule has 28 heavy (non-hydrogen) atoms. The van der Waals surface area contributed by atoms with Crippen molar-refractivity contribution in [1.29, 1.82) is 0 Å². The number of rotatable bonds is 7. The maximum absolute atomic E-state index is 12.1. The van der Waals surface area contributed by atoms with Gasteiger partial charge in [0.05, 0.1) is 0 Å². The van der Waals surface area contributed by atoms with Gasteiger partial charge in [0.15, 0.2) is 12.2 Å². The van der Waals surface area contributed by atoms with Crippen LogP contribution in [0.25, 0.3) is 11.1 Å². The molecule has 1 aromatic heterocycles. The van der Waals surface area contributed by atoms with Gasteiger partial charge in [-0.25, -0.2) is 0 Å². The summed E-state index contributed by atoms with van der Waals surface area (Å²) in [5.41, 5.74) is 2.87. The van der Waals surface area contributed by atoms with Crippen LogP contribution in [0.15, 0.2) is 46.9 Å². The highest BCUT2D eigenvalue weighted by atomic mass is 16.5. The Bertz CT molecular complexity index is 979. The number of nitrogens with one attached hydrogen (secondary N) is 2. The van der Waals surface area contributed by atoms with Crippen LogP contribution in [0.4, 0.5) is 11.7 Å². The molecule has 0 aliphatic rings. The van der Waals surface area contributed by atoms with Crippen LogP contribution in [-0.4, -0.2) is 23.4 Å². The Hall–Kier alpha value is -3.35. The van der Waals surface area contributed by atoms with E-state index in [2.05, 4.69) is 29.5 Å². The molecule has 3 rings (SSSR count). The fraction of sp³-hybridized carbons (Fsp3) is 0.286. The number of anilines is 2. The third kappa shape index (κ3) is 4.88. The third-order valence-corrected chi connectivity index (χ3v) is 4.39. The molecule has 2 aromatic carbocycles. The van der Waals surface area contributed by atoms with Gasteiger partial charge >= 0.3 is 6.01 Å². The van der Waals surface area contributed by atoms with E-state index in [-0.39, 0.29) is 24.4 Å². The van der Waals surface area contributed by atoms with Crippen LogP contribution in [0, 0.1) is 0 Å². The van der Waals surface area contributed by atoms with Crippen LogP contribution in [0.2, 0.25) is 0 Å². The topological polar surface area (TPSA) is 93.5 Å². The van der Waals surface area contributed by atoms with Gasteiger partial charge in [-0.15, -0.1) is 0 Å². The standard InChI is InChI=1S/C21H23N3O4/c1-4-13(2)15-5-8-17(9-6-15)27-12-20(26)24-21-23-18-10-7-16(22-14(3)25)11-19(18)28-21/h5-11,13H,4,12H2,1-3H3,(H,22,25)(H,23,24,26)/t13-/m1/s1. The SMILES string of the molecule is CC[C@@H](C)c1ccc(OCC(=O)Nc2nc3ccc(NC(C)=O)cc3o2)cc1. The molecular weight excluding hydrogens is 358 g/mol. The number of fused-ring (bicyclic) bond motifs is 1. The largest absolute Gasteiger partial charge is 0.484 e. The second kappa shape index (κ2) is 8.56. The van der Waals surface area contributed by atoms with Crippen LogP contribution in [0.1, 0.15) is 38.7 Å². The lowest BCUT2D eigenvalue weighted by Crippen LogP contribution is -2.20. The van der Waals surface area contributed by atoms with Gasteiger partial charge in [-0.1, -0.05) is 26.0 Å². The van der Waals surface area contributed by atoms with Crippen LogP contribution >= 0.6 is 0 Å². The fourth-order valence-corrected chi connectivity index (χ4v) is 2.69. The number of nitrogens with zero attached hydrogens (tertiary/aromatic N) is 1. The number of amides is 2. The summed E-state index contributed by atoms with van der Waals surface area (Å²) in [6, 6.07) is 12.9. The summed E-state index contributed by atoms with van der Waals surface area (Å²) in [6.45, 7) is 5.58. The van der Waals surface area contributed by atoms with Gasteiger partial charge in [0.25, 0.3) is 5.91 Å².